The van der Waals surface area contributed by atoms with Gasteiger partial charge in [-0.15, -0.1) is 6.42 Å². The molecule has 5 heterocycles. The molecule has 2 saturated heterocycles. The Labute approximate surface area is 194 Å². The van der Waals surface area contributed by atoms with Crippen molar-refractivity contribution in [3.8, 4) is 35.4 Å². The van der Waals surface area contributed by atoms with Gasteiger partial charge in [0, 0.05) is 42.7 Å². The maximum Gasteiger partial charge on any atom is 0.179 e. The molecule has 3 aromatic rings. The first-order valence-electron chi connectivity index (χ1n) is 11.4. The summed E-state index contributed by atoms with van der Waals surface area (Å²) >= 11 is 0. The Morgan fingerprint density at radius 1 is 1.21 bits per heavy atom. The number of nitriles is 1. The van der Waals surface area contributed by atoms with Gasteiger partial charge in [0.15, 0.2) is 6.19 Å². The first-order valence-corrected chi connectivity index (χ1v) is 11.4. The summed E-state index contributed by atoms with van der Waals surface area (Å²) in [5, 5.41) is 18.5. The highest BCUT2D eigenvalue weighted by molar-refractivity contribution is 5.76. The summed E-state index contributed by atoms with van der Waals surface area (Å²) in [5.41, 5.74) is 4.64. The molecule has 0 bridgehead atoms. The summed E-state index contributed by atoms with van der Waals surface area (Å²) < 4.78 is 9.58. The predicted octanol–water partition coefficient (Wildman–Crippen LogP) is 3.08. The van der Waals surface area contributed by atoms with Gasteiger partial charge < -0.3 is 9.64 Å². The molecule has 2 aliphatic rings. The average molecular weight is 444 g/mol. The van der Waals surface area contributed by atoms with Crippen LogP contribution in [0.15, 0.2) is 24.7 Å². The number of pyridine rings is 1. The summed E-state index contributed by atoms with van der Waals surface area (Å²) in [6.45, 7) is 9.33. The van der Waals surface area contributed by atoms with Crippen LogP contribution >= 0.6 is 0 Å². The van der Waals surface area contributed by atoms with E-state index in [4.69, 9.17) is 16.3 Å². The number of fused-ring (bicyclic) bond motifs is 1. The van der Waals surface area contributed by atoms with Crippen LogP contribution in [-0.2, 0) is 0 Å². The molecule has 1 atom stereocenters. The molecule has 0 spiro atoms. The van der Waals surface area contributed by atoms with Crippen LogP contribution in [0.5, 0.6) is 5.75 Å². The van der Waals surface area contributed by atoms with Gasteiger partial charge in [0.2, 0.25) is 0 Å². The van der Waals surface area contributed by atoms with Crippen molar-refractivity contribution in [3.05, 3.63) is 35.9 Å². The molecule has 3 aromatic heterocycles. The second kappa shape index (κ2) is 7.83. The first-order chi connectivity index (χ1) is 15.9. The maximum atomic E-state index is 9.28. The molecular weight excluding hydrogens is 414 g/mol. The zero-order chi connectivity index (χ0) is 23.3. The van der Waals surface area contributed by atoms with Crippen LogP contribution in [-0.4, -0.2) is 67.5 Å². The van der Waals surface area contributed by atoms with Gasteiger partial charge in [-0.25, -0.2) is 4.52 Å². The van der Waals surface area contributed by atoms with E-state index in [0.29, 0.717) is 23.4 Å². The molecule has 8 heteroatoms. The van der Waals surface area contributed by atoms with E-state index in [1.807, 2.05) is 23.4 Å². The third-order valence-corrected chi connectivity index (χ3v) is 7.58. The van der Waals surface area contributed by atoms with E-state index in [9.17, 15) is 5.26 Å². The molecule has 1 unspecified atom stereocenters. The number of ether oxygens (including phenoxy) is 1. The van der Waals surface area contributed by atoms with Crippen molar-refractivity contribution in [3.63, 3.8) is 0 Å². The highest BCUT2D eigenvalue weighted by Gasteiger charge is 2.49. The van der Waals surface area contributed by atoms with Gasteiger partial charge >= 0.3 is 0 Å². The lowest BCUT2D eigenvalue weighted by Crippen LogP contribution is -2.71. The third kappa shape index (κ3) is 3.25. The van der Waals surface area contributed by atoms with Gasteiger partial charge in [0.05, 0.1) is 42.7 Å². The summed E-state index contributed by atoms with van der Waals surface area (Å²) in [6, 6.07) is 2.82. The number of hydrogen-bond acceptors (Lipinski definition) is 6. The molecule has 0 radical (unpaired) electrons. The predicted molar refractivity (Wildman–Crippen MR) is 126 cm³/mol. The van der Waals surface area contributed by atoms with Gasteiger partial charge in [-0.05, 0) is 39.7 Å². The molecule has 170 valence electrons. The minimum absolute atomic E-state index is 0.0835. The highest BCUT2D eigenvalue weighted by Crippen LogP contribution is 2.37. The van der Waals surface area contributed by atoms with Gasteiger partial charge in [-0.3, -0.25) is 9.58 Å². The zero-order valence-corrected chi connectivity index (χ0v) is 19.6. The van der Waals surface area contributed by atoms with E-state index >= 15 is 0 Å². The number of aromatic nitrogens is 4. The quantitative estimate of drug-likeness (QED) is 0.456. The Kier molecular flexibility index (Phi) is 5.07. The van der Waals surface area contributed by atoms with Crippen molar-refractivity contribution in [1.29, 1.82) is 5.26 Å². The molecule has 2 aliphatic heterocycles. The normalized spacial score (nSPS) is 20.9. The summed E-state index contributed by atoms with van der Waals surface area (Å²) in [6.07, 6.45) is 15.6. The van der Waals surface area contributed by atoms with Gasteiger partial charge in [0.1, 0.15) is 11.3 Å². The largest absolute Gasteiger partial charge is 0.494 e. The lowest BCUT2D eigenvalue weighted by Gasteiger charge is -2.57. The minimum Gasteiger partial charge on any atom is -0.494 e. The Bertz CT molecular complexity index is 1280. The molecule has 0 aromatic carbocycles. The van der Waals surface area contributed by atoms with E-state index in [-0.39, 0.29) is 5.54 Å². The van der Waals surface area contributed by atoms with E-state index < -0.39 is 0 Å². The second-order valence-electron chi connectivity index (χ2n) is 9.53. The molecule has 0 amide bonds. The van der Waals surface area contributed by atoms with Crippen molar-refractivity contribution >= 4 is 5.52 Å². The van der Waals surface area contributed by atoms with Crippen molar-refractivity contribution in [2.75, 3.05) is 26.7 Å². The molecule has 2 fully saturated rings. The number of nitrogens with zero attached hydrogens (tertiary/aromatic N) is 7. The van der Waals surface area contributed by atoms with E-state index in [1.54, 1.807) is 17.8 Å². The fourth-order valence-electron chi connectivity index (χ4n) is 5.44. The molecule has 33 heavy (non-hydrogen) atoms. The van der Waals surface area contributed by atoms with Gasteiger partial charge in [-0.2, -0.15) is 15.5 Å². The van der Waals surface area contributed by atoms with E-state index in [0.717, 1.165) is 54.8 Å². The molecule has 8 nitrogen and oxygen atoms in total. The fraction of sp³-hybridized carbons (Fsp3) is 0.480. The molecule has 0 aliphatic carbocycles. The molecule has 0 saturated carbocycles. The van der Waals surface area contributed by atoms with E-state index in [1.165, 1.54) is 0 Å². The standard InChI is InChI=1S/C25H29N7O/c1-6-18-12-27-31-14-19(11-22(33-5)24(18)31)21-13-28-32(17(21)2)20-7-9-29(10-8-20)23-15-30(16-26)25(23,3)4/h1,11-14,20,23H,7-10,15H2,2-5H3. The number of piperidine rings is 1. The summed E-state index contributed by atoms with van der Waals surface area (Å²) in [5.74, 6) is 3.37. The average Bonchev–Trinajstić information content (AvgIpc) is 3.41. The lowest BCUT2D eigenvalue weighted by atomic mass is 9.81. The monoisotopic (exact) mass is 443 g/mol. The van der Waals surface area contributed by atoms with Crippen LogP contribution in [0, 0.1) is 30.7 Å². The molecule has 5 rings (SSSR count). The summed E-state index contributed by atoms with van der Waals surface area (Å²) in [7, 11) is 1.65. The number of terminal acetylenes is 1. The fourth-order valence-corrected chi connectivity index (χ4v) is 5.44. The SMILES string of the molecule is C#Cc1cnn2cc(-c3cnn(C4CCN(C5CN(C#N)C5(C)C)CC4)c3C)cc(OC)c12. The van der Waals surface area contributed by atoms with Crippen molar-refractivity contribution in [2.45, 2.75) is 51.2 Å². The zero-order valence-electron chi connectivity index (χ0n) is 19.6. The maximum absolute atomic E-state index is 9.28. The van der Waals surface area contributed by atoms with Crippen molar-refractivity contribution in [1.82, 2.24) is 29.2 Å². The third-order valence-electron chi connectivity index (χ3n) is 7.58. The number of rotatable bonds is 4. The van der Waals surface area contributed by atoms with Gasteiger partial charge in [-0.1, -0.05) is 5.92 Å². The number of hydrogen-bond donors (Lipinski definition) is 0. The van der Waals surface area contributed by atoms with Crippen LogP contribution in [0.3, 0.4) is 0 Å². The topological polar surface area (TPSA) is 74.6 Å². The van der Waals surface area contributed by atoms with Gasteiger partial charge in [0.25, 0.3) is 0 Å². The lowest BCUT2D eigenvalue weighted by molar-refractivity contribution is -0.0603. The Hall–Kier alpha value is -3.49. The van der Waals surface area contributed by atoms with Crippen LogP contribution < -0.4 is 4.74 Å². The Balaban J connectivity index is 1.36. The smallest absolute Gasteiger partial charge is 0.179 e. The Morgan fingerprint density at radius 3 is 2.61 bits per heavy atom. The van der Waals surface area contributed by atoms with Crippen LogP contribution in [0.4, 0.5) is 0 Å². The molecule has 0 N–H and O–H groups in total. The second-order valence-corrected chi connectivity index (χ2v) is 9.53. The Morgan fingerprint density at radius 2 is 1.97 bits per heavy atom. The number of likely N-dealkylation sites (tertiary alicyclic amines) is 2. The minimum atomic E-state index is -0.0835. The van der Waals surface area contributed by atoms with Crippen LogP contribution in [0.1, 0.15) is 44.0 Å². The van der Waals surface area contributed by atoms with Crippen molar-refractivity contribution < 1.29 is 4.74 Å². The first kappa shape index (κ1) is 21.4. The van der Waals surface area contributed by atoms with E-state index in [2.05, 4.69) is 47.6 Å². The summed E-state index contributed by atoms with van der Waals surface area (Å²) in [4.78, 5) is 4.43. The highest BCUT2D eigenvalue weighted by atomic mass is 16.5. The number of methoxy groups -OCH3 is 1. The van der Waals surface area contributed by atoms with Crippen molar-refractivity contribution in [2.24, 2.45) is 0 Å². The van der Waals surface area contributed by atoms with Crippen LogP contribution in [0.25, 0.3) is 16.6 Å². The van der Waals surface area contributed by atoms with Crippen LogP contribution in [0.2, 0.25) is 0 Å². The molecular formula is C25H29N7O.